The molecule has 2 aromatic carbocycles. The molecule has 0 spiro atoms. The maximum Gasteiger partial charge on any atom is 0.310 e. The number of rotatable bonds is 6. The molecule has 0 amide bonds. The summed E-state index contributed by atoms with van der Waals surface area (Å²) in [7, 11) is 1.65. The number of carbonyl (C=O) groups is 1. The van der Waals surface area contributed by atoms with E-state index in [-0.39, 0.29) is 34.3 Å². The van der Waals surface area contributed by atoms with Crippen LogP contribution in [0.25, 0.3) is 11.1 Å². The summed E-state index contributed by atoms with van der Waals surface area (Å²) < 4.78 is 11.2. The van der Waals surface area contributed by atoms with E-state index >= 15 is 0 Å². The Morgan fingerprint density at radius 3 is 2.59 bits per heavy atom. The fraction of sp³-hybridized carbons (Fsp3) is 0.318. The van der Waals surface area contributed by atoms with Crippen molar-refractivity contribution in [2.24, 2.45) is 17.3 Å². The van der Waals surface area contributed by atoms with E-state index in [2.05, 4.69) is 0 Å². The van der Waals surface area contributed by atoms with Crippen LogP contribution in [0.3, 0.4) is 0 Å². The Labute approximate surface area is 169 Å². The summed E-state index contributed by atoms with van der Waals surface area (Å²) in [5.41, 5.74) is 2.75. The fourth-order valence-electron chi connectivity index (χ4n) is 3.53. The molecule has 0 unspecified atom stereocenters. The highest BCUT2D eigenvalue weighted by Gasteiger charge is 2.61. The molecule has 0 bridgehead atoms. The quantitative estimate of drug-likeness (QED) is 0.554. The van der Waals surface area contributed by atoms with Gasteiger partial charge in [0.15, 0.2) is 0 Å². The van der Waals surface area contributed by atoms with Gasteiger partial charge in [-0.3, -0.25) is 4.79 Å². The monoisotopic (exact) mass is 404 g/mol. The standard InChI is InChI=1S/C22H22Cl2O3/c1-22(2)17(12-19(23)24)20(22)21(25)27-13-14-7-6-8-15(11-14)16-9-4-5-10-18(16)26-3/h4-12,17,20H,13H2,1-3H3/t17-,20-/m1/s1. The molecule has 3 nitrogen and oxygen atoms in total. The van der Waals surface area contributed by atoms with Crippen LogP contribution >= 0.6 is 23.2 Å². The number of esters is 1. The van der Waals surface area contributed by atoms with Crippen molar-refractivity contribution in [2.45, 2.75) is 20.5 Å². The third-order valence-corrected chi connectivity index (χ3v) is 5.45. The third kappa shape index (κ3) is 4.31. The van der Waals surface area contributed by atoms with Gasteiger partial charge in [0.2, 0.25) is 0 Å². The molecular formula is C22H22Cl2O3. The van der Waals surface area contributed by atoms with Crippen molar-refractivity contribution in [3.05, 3.63) is 64.7 Å². The lowest BCUT2D eigenvalue weighted by atomic mass is 10.0. The Morgan fingerprint density at radius 1 is 1.15 bits per heavy atom. The maximum atomic E-state index is 12.5. The van der Waals surface area contributed by atoms with Gasteiger partial charge < -0.3 is 9.47 Å². The minimum Gasteiger partial charge on any atom is -0.496 e. The lowest BCUT2D eigenvalue weighted by Crippen LogP contribution is -2.10. The zero-order chi connectivity index (χ0) is 19.6. The van der Waals surface area contributed by atoms with Gasteiger partial charge in [-0.2, -0.15) is 0 Å². The molecule has 142 valence electrons. The molecule has 2 atom stereocenters. The van der Waals surface area contributed by atoms with E-state index in [1.807, 2.05) is 62.4 Å². The summed E-state index contributed by atoms with van der Waals surface area (Å²) in [6.45, 7) is 4.25. The van der Waals surface area contributed by atoms with E-state index in [1.165, 1.54) is 0 Å². The molecule has 1 aliphatic carbocycles. The molecule has 1 saturated carbocycles. The molecule has 1 aliphatic rings. The number of hydrogen-bond donors (Lipinski definition) is 0. The molecule has 0 saturated heterocycles. The molecule has 5 heteroatoms. The summed E-state index contributed by atoms with van der Waals surface area (Å²) in [5.74, 6) is 0.370. The Kier molecular flexibility index (Phi) is 5.83. The first-order valence-electron chi connectivity index (χ1n) is 8.76. The average Bonchev–Trinajstić information content (AvgIpc) is 3.19. The summed E-state index contributed by atoms with van der Waals surface area (Å²) in [5, 5.41) is 0. The first kappa shape index (κ1) is 19.8. The van der Waals surface area contributed by atoms with Gasteiger partial charge >= 0.3 is 5.97 Å². The Bertz CT molecular complexity index is 869. The van der Waals surface area contributed by atoms with Crippen molar-refractivity contribution in [1.29, 1.82) is 0 Å². The molecule has 27 heavy (non-hydrogen) atoms. The number of hydrogen-bond acceptors (Lipinski definition) is 3. The van der Waals surface area contributed by atoms with Crippen LogP contribution in [0.1, 0.15) is 19.4 Å². The lowest BCUT2D eigenvalue weighted by molar-refractivity contribution is -0.147. The Morgan fingerprint density at radius 2 is 1.89 bits per heavy atom. The van der Waals surface area contributed by atoms with Crippen molar-refractivity contribution in [1.82, 2.24) is 0 Å². The van der Waals surface area contributed by atoms with Crippen molar-refractivity contribution in [2.75, 3.05) is 7.11 Å². The van der Waals surface area contributed by atoms with Crippen molar-refractivity contribution in [3.8, 4) is 16.9 Å². The van der Waals surface area contributed by atoms with Gasteiger partial charge in [0.1, 0.15) is 16.8 Å². The molecule has 1 fully saturated rings. The van der Waals surface area contributed by atoms with E-state index in [4.69, 9.17) is 32.7 Å². The summed E-state index contributed by atoms with van der Waals surface area (Å²) in [4.78, 5) is 12.5. The number of allylic oxidation sites excluding steroid dienone is 1. The van der Waals surface area contributed by atoms with Gasteiger partial charge in [0.25, 0.3) is 0 Å². The largest absolute Gasteiger partial charge is 0.496 e. The molecule has 2 aromatic rings. The van der Waals surface area contributed by atoms with Gasteiger partial charge in [-0.05, 0) is 40.7 Å². The molecular weight excluding hydrogens is 383 g/mol. The van der Waals surface area contributed by atoms with Crippen molar-refractivity contribution in [3.63, 3.8) is 0 Å². The number of carbonyl (C=O) groups excluding carboxylic acids is 1. The average molecular weight is 405 g/mol. The van der Waals surface area contributed by atoms with Crippen LogP contribution in [-0.4, -0.2) is 13.1 Å². The minimum atomic E-state index is -0.224. The molecule has 0 N–H and O–H groups in total. The van der Waals surface area contributed by atoms with E-state index in [9.17, 15) is 4.79 Å². The topological polar surface area (TPSA) is 35.5 Å². The van der Waals surface area contributed by atoms with Crippen LogP contribution in [0.15, 0.2) is 59.1 Å². The van der Waals surface area contributed by atoms with Gasteiger partial charge in [0.05, 0.1) is 13.0 Å². The summed E-state index contributed by atoms with van der Waals surface area (Å²) in [6, 6.07) is 15.7. The second-order valence-electron chi connectivity index (χ2n) is 7.29. The normalized spacial score (nSPS) is 19.9. The van der Waals surface area contributed by atoms with E-state index in [0.717, 1.165) is 22.4 Å². The number of ether oxygens (including phenoxy) is 2. The lowest BCUT2D eigenvalue weighted by Gasteiger charge is -2.10. The second-order valence-corrected chi connectivity index (χ2v) is 8.30. The van der Waals surface area contributed by atoms with Crippen LogP contribution < -0.4 is 4.74 Å². The third-order valence-electron chi connectivity index (χ3n) is 5.20. The first-order chi connectivity index (χ1) is 12.8. The summed E-state index contributed by atoms with van der Waals surface area (Å²) in [6.07, 6.45) is 1.72. The number of benzene rings is 2. The van der Waals surface area contributed by atoms with Gasteiger partial charge in [0, 0.05) is 5.56 Å². The summed E-state index contributed by atoms with van der Waals surface area (Å²) >= 11 is 11.5. The Balaban J connectivity index is 1.69. The Hall–Kier alpha value is -1.97. The van der Waals surface area contributed by atoms with Gasteiger partial charge in [-0.1, -0.05) is 73.4 Å². The van der Waals surface area contributed by atoms with E-state index in [0.29, 0.717) is 0 Å². The van der Waals surface area contributed by atoms with Crippen LogP contribution in [0.2, 0.25) is 0 Å². The number of halogens is 2. The molecule has 0 heterocycles. The zero-order valence-corrected chi connectivity index (χ0v) is 17.1. The zero-order valence-electron chi connectivity index (χ0n) is 15.5. The molecule has 0 aliphatic heterocycles. The van der Waals surface area contributed by atoms with E-state index in [1.54, 1.807) is 13.2 Å². The van der Waals surface area contributed by atoms with E-state index < -0.39 is 0 Å². The van der Waals surface area contributed by atoms with Crippen molar-refractivity contribution < 1.29 is 14.3 Å². The maximum absolute atomic E-state index is 12.5. The van der Waals surface area contributed by atoms with Crippen LogP contribution in [0, 0.1) is 17.3 Å². The molecule has 0 radical (unpaired) electrons. The predicted molar refractivity (Wildman–Crippen MR) is 109 cm³/mol. The fourth-order valence-corrected chi connectivity index (χ4v) is 3.80. The first-order valence-corrected chi connectivity index (χ1v) is 9.52. The highest BCUT2D eigenvalue weighted by molar-refractivity contribution is 6.55. The van der Waals surface area contributed by atoms with Gasteiger partial charge in [-0.15, -0.1) is 0 Å². The van der Waals surface area contributed by atoms with Gasteiger partial charge in [-0.25, -0.2) is 0 Å². The highest BCUT2D eigenvalue weighted by Crippen LogP contribution is 2.60. The predicted octanol–water partition coefficient (Wildman–Crippen LogP) is 6.00. The van der Waals surface area contributed by atoms with Crippen LogP contribution in [-0.2, 0) is 16.1 Å². The smallest absolute Gasteiger partial charge is 0.310 e. The number of methoxy groups -OCH3 is 1. The second kappa shape index (κ2) is 7.95. The molecule has 0 aromatic heterocycles. The number of para-hydroxylation sites is 1. The highest BCUT2D eigenvalue weighted by atomic mass is 35.5. The van der Waals surface area contributed by atoms with Crippen LogP contribution in [0.5, 0.6) is 5.75 Å². The molecule has 3 rings (SSSR count). The van der Waals surface area contributed by atoms with Crippen molar-refractivity contribution >= 4 is 29.2 Å². The van der Waals surface area contributed by atoms with Crippen LogP contribution in [0.4, 0.5) is 0 Å². The minimum absolute atomic E-state index is 0.00918. The SMILES string of the molecule is COc1ccccc1-c1cccc(COC(=O)[C@H]2[C@@H](C=C(Cl)Cl)C2(C)C)c1.